The predicted octanol–water partition coefficient (Wildman–Crippen LogP) is 3.77. The van der Waals surface area contributed by atoms with Gasteiger partial charge in [-0.2, -0.15) is 0 Å². The summed E-state index contributed by atoms with van der Waals surface area (Å²) >= 11 is 1.79. The Bertz CT molecular complexity index is 1480. The van der Waals surface area contributed by atoms with Gasteiger partial charge in [0.05, 0.1) is 0 Å². The van der Waals surface area contributed by atoms with Crippen LogP contribution in [-0.4, -0.2) is 94.9 Å². The second kappa shape index (κ2) is 13.6. The van der Waals surface area contributed by atoms with Gasteiger partial charge in [0.1, 0.15) is 11.6 Å². The third kappa shape index (κ3) is 7.84. The Balaban J connectivity index is 0.964. The van der Waals surface area contributed by atoms with Crippen LogP contribution in [0.4, 0.5) is 10.5 Å². The summed E-state index contributed by atoms with van der Waals surface area (Å²) in [5.41, 5.74) is 3.48. The van der Waals surface area contributed by atoms with Crippen molar-refractivity contribution in [1.29, 1.82) is 0 Å². The van der Waals surface area contributed by atoms with Gasteiger partial charge in [0.2, 0.25) is 11.8 Å². The van der Waals surface area contributed by atoms with Crippen LogP contribution >= 0.6 is 11.9 Å². The molecule has 4 heterocycles. The third-order valence-electron chi connectivity index (χ3n) is 8.96. The maximum atomic E-state index is 13.1. The van der Waals surface area contributed by atoms with E-state index in [2.05, 4.69) is 55.1 Å². The Morgan fingerprint density at radius 2 is 1.74 bits per heavy atom. The van der Waals surface area contributed by atoms with E-state index < -0.39 is 11.6 Å². The van der Waals surface area contributed by atoms with Crippen LogP contribution < -0.4 is 15.5 Å². The number of benzene rings is 2. The number of anilines is 1. The monoisotopic (exact) mass is 648 g/mol. The van der Waals surface area contributed by atoms with Crippen LogP contribution in [-0.2, 0) is 27.4 Å². The molecule has 0 aromatic heterocycles. The van der Waals surface area contributed by atoms with Gasteiger partial charge >= 0.3 is 6.09 Å². The molecule has 3 fully saturated rings. The molecule has 2 N–H and O–H groups in total. The van der Waals surface area contributed by atoms with Crippen molar-refractivity contribution in [3.8, 4) is 0 Å². The molecule has 6 rings (SSSR count). The SMILES string of the molecule is CC(C)(C)OC(=O)NC1CCN(Sc2cccc(CN3CCN(c4ccc5c(c4)CN(C4CCC(=O)NC4=O)C5=O)CC3)c2)CC1. The van der Waals surface area contributed by atoms with Gasteiger partial charge in [0, 0.05) is 81.0 Å². The zero-order chi connectivity index (χ0) is 32.4. The molecular weight excluding hydrogens is 604 g/mol. The number of carbonyl (C=O) groups excluding carboxylic acids is 4. The number of piperidine rings is 2. The lowest BCUT2D eigenvalue weighted by Gasteiger charge is -2.36. The number of alkyl carbamates (subject to hydrolysis) is 1. The van der Waals surface area contributed by atoms with Gasteiger partial charge in [-0.3, -0.25) is 24.6 Å². The number of rotatable bonds is 7. The van der Waals surface area contributed by atoms with E-state index in [1.165, 1.54) is 10.5 Å². The highest BCUT2D eigenvalue weighted by Gasteiger charge is 2.39. The minimum atomic E-state index is -0.596. The molecule has 0 radical (unpaired) electrons. The van der Waals surface area contributed by atoms with Crippen molar-refractivity contribution >= 4 is 41.5 Å². The molecule has 4 amide bonds. The minimum Gasteiger partial charge on any atom is -0.444 e. The highest BCUT2D eigenvalue weighted by molar-refractivity contribution is 7.97. The van der Waals surface area contributed by atoms with Gasteiger partial charge in [-0.25, -0.2) is 9.10 Å². The van der Waals surface area contributed by atoms with E-state index in [0.29, 0.717) is 18.5 Å². The Kier molecular flexibility index (Phi) is 9.58. The predicted molar refractivity (Wildman–Crippen MR) is 176 cm³/mol. The molecule has 2 aromatic rings. The summed E-state index contributed by atoms with van der Waals surface area (Å²) in [6.45, 7) is 12.4. The number of carbonyl (C=O) groups is 4. The maximum absolute atomic E-state index is 13.1. The Morgan fingerprint density at radius 1 is 0.978 bits per heavy atom. The highest BCUT2D eigenvalue weighted by Crippen LogP contribution is 2.32. The second-order valence-electron chi connectivity index (χ2n) is 13.6. The normalized spacial score (nSPS) is 21.7. The molecule has 4 aliphatic heterocycles. The molecule has 1 atom stereocenters. The van der Waals surface area contributed by atoms with Crippen molar-refractivity contribution in [2.45, 2.75) is 82.1 Å². The molecule has 3 saturated heterocycles. The van der Waals surface area contributed by atoms with Gasteiger partial charge in [0.25, 0.3) is 5.91 Å². The molecule has 0 saturated carbocycles. The molecule has 0 spiro atoms. The van der Waals surface area contributed by atoms with Crippen molar-refractivity contribution < 1.29 is 23.9 Å². The Labute approximate surface area is 275 Å². The van der Waals surface area contributed by atoms with Crippen LogP contribution in [0.2, 0.25) is 0 Å². The number of fused-ring (bicyclic) bond motifs is 1. The van der Waals surface area contributed by atoms with E-state index in [-0.39, 0.29) is 36.3 Å². The van der Waals surface area contributed by atoms with Gasteiger partial charge in [-0.05, 0) is 93.4 Å². The zero-order valence-electron chi connectivity index (χ0n) is 26.9. The summed E-state index contributed by atoms with van der Waals surface area (Å²) in [5, 5.41) is 5.38. The lowest BCUT2D eigenvalue weighted by Crippen LogP contribution is -2.52. The summed E-state index contributed by atoms with van der Waals surface area (Å²) in [4.78, 5) is 56.8. The quantitative estimate of drug-likeness (QED) is 0.342. The van der Waals surface area contributed by atoms with Crippen LogP contribution in [0, 0.1) is 0 Å². The number of ether oxygens (including phenoxy) is 1. The molecule has 0 aliphatic carbocycles. The molecule has 1 unspecified atom stereocenters. The molecule has 11 nitrogen and oxygen atoms in total. The number of hydrogen-bond donors (Lipinski definition) is 2. The van der Waals surface area contributed by atoms with E-state index >= 15 is 0 Å². The number of amides is 4. The molecule has 12 heteroatoms. The van der Waals surface area contributed by atoms with E-state index in [1.54, 1.807) is 16.8 Å². The number of nitrogens with zero attached hydrogens (tertiary/aromatic N) is 4. The van der Waals surface area contributed by atoms with Crippen LogP contribution in [0.5, 0.6) is 0 Å². The van der Waals surface area contributed by atoms with Gasteiger partial charge < -0.3 is 19.9 Å². The highest BCUT2D eigenvalue weighted by atomic mass is 32.2. The van der Waals surface area contributed by atoms with Crippen molar-refractivity contribution in [3.63, 3.8) is 0 Å². The van der Waals surface area contributed by atoms with Crippen LogP contribution in [0.1, 0.15) is 67.9 Å². The Morgan fingerprint density at radius 3 is 2.46 bits per heavy atom. The fourth-order valence-electron chi connectivity index (χ4n) is 6.60. The summed E-state index contributed by atoms with van der Waals surface area (Å²) in [6, 6.07) is 14.3. The first-order valence-electron chi connectivity index (χ1n) is 16.3. The third-order valence-corrected chi connectivity index (χ3v) is 10.0. The first-order chi connectivity index (χ1) is 22.0. The first kappa shape index (κ1) is 32.3. The average Bonchev–Trinajstić information content (AvgIpc) is 3.33. The van der Waals surface area contributed by atoms with Gasteiger partial charge in [-0.15, -0.1) is 0 Å². The topological polar surface area (TPSA) is 115 Å². The molecule has 46 heavy (non-hydrogen) atoms. The Hall–Kier alpha value is -3.61. The van der Waals surface area contributed by atoms with Crippen LogP contribution in [0.15, 0.2) is 47.4 Å². The van der Waals surface area contributed by atoms with E-state index in [4.69, 9.17) is 4.74 Å². The summed E-state index contributed by atoms with van der Waals surface area (Å²) in [5.74, 6) is -0.797. The maximum Gasteiger partial charge on any atom is 0.407 e. The fourth-order valence-corrected chi connectivity index (χ4v) is 7.63. The summed E-state index contributed by atoms with van der Waals surface area (Å²) in [6.07, 6.45) is 2.08. The standard InChI is InChI=1S/C34H44N6O5S/c1-34(2,3)45-33(44)35-25-11-13-39(14-12-25)46-27-6-4-5-23(19-27)21-37-15-17-38(18-16-37)26-7-8-28-24(20-26)22-40(32(28)43)29-9-10-30(41)36-31(29)42/h4-8,19-20,25,29H,9-18,21-22H2,1-3H3,(H,35,44)(H,36,41,42). The van der Waals surface area contributed by atoms with E-state index in [1.807, 2.05) is 32.9 Å². The number of imide groups is 1. The van der Waals surface area contributed by atoms with Crippen molar-refractivity contribution in [3.05, 3.63) is 59.2 Å². The number of hydrogen-bond acceptors (Lipinski definition) is 9. The molecule has 0 bridgehead atoms. The van der Waals surface area contributed by atoms with Crippen LogP contribution in [0.25, 0.3) is 0 Å². The number of piperazine rings is 1. The van der Waals surface area contributed by atoms with E-state index in [9.17, 15) is 19.2 Å². The number of nitrogens with one attached hydrogen (secondary N) is 2. The minimum absolute atomic E-state index is 0.138. The summed E-state index contributed by atoms with van der Waals surface area (Å²) < 4.78 is 7.78. The van der Waals surface area contributed by atoms with Crippen molar-refractivity contribution in [2.24, 2.45) is 0 Å². The summed E-state index contributed by atoms with van der Waals surface area (Å²) in [7, 11) is 0. The van der Waals surface area contributed by atoms with Gasteiger partial charge in [-0.1, -0.05) is 12.1 Å². The molecule has 4 aliphatic rings. The van der Waals surface area contributed by atoms with E-state index in [0.717, 1.165) is 69.9 Å². The van der Waals surface area contributed by atoms with Gasteiger partial charge in [0.15, 0.2) is 0 Å². The molecule has 2 aromatic carbocycles. The largest absolute Gasteiger partial charge is 0.444 e. The molecule has 246 valence electrons. The smallest absolute Gasteiger partial charge is 0.407 e. The average molecular weight is 649 g/mol. The van der Waals surface area contributed by atoms with Crippen molar-refractivity contribution in [2.75, 3.05) is 44.2 Å². The van der Waals surface area contributed by atoms with Crippen LogP contribution in [0.3, 0.4) is 0 Å². The first-order valence-corrected chi connectivity index (χ1v) is 17.0. The zero-order valence-corrected chi connectivity index (χ0v) is 27.7. The fraction of sp³-hybridized carbons (Fsp3) is 0.529. The second-order valence-corrected chi connectivity index (χ2v) is 14.8. The molecular formula is C34H44N6O5S. The lowest BCUT2D eigenvalue weighted by atomic mass is 10.0. The lowest BCUT2D eigenvalue weighted by molar-refractivity contribution is -0.136. The van der Waals surface area contributed by atoms with Crippen molar-refractivity contribution in [1.82, 2.24) is 24.7 Å².